The van der Waals surface area contributed by atoms with Gasteiger partial charge in [0.25, 0.3) is 0 Å². The average molecular weight is 243 g/mol. The van der Waals surface area contributed by atoms with Crippen LogP contribution in [0, 0.1) is 5.92 Å². The van der Waals surface area contributed by atoms with Crippen LogP contribution in [-0.4, -0.2) is 36.8 Å². The summed E-state index contributed by atoms with van der Waals surface area (Å²) in [5.41, 5.74) is 0. The fraction of sp³-hybridized carbons (Fsp3) is 1.00. The zero-order valence-electron chi connectivity index (χ0n) is 10.4. The van der Waals surface area contributed by atoms with Gasteiger partial charge in [0, 0.05) is 24.4 Å². The Labute approximate surface area is 104 Å². The topological polar surface area (TPSA) is 21.3 Å². The maximum Gasteiger partial charge on any atom is 0.0507 e. The number of thioether (sulfide) groups is 1. The summed E-state index contributed by atoms with van der Waals surface area (Å²) in [4.78, 5) is 0. The zero-order chi connectivity index (χ0) is 11.2. The average Bonchev–Trinajstić information content (AvgIpc) is 2.80. The van der Waals surface area contributed by atoms with Crippen molar-refractivity contribution in [2.45, 2.75) is 50.3 Å². The monoisotopic (exact) mass is 243 g/mol. The first kappa shape index (κ1) is 12.7. The molecule has 2 nitrogen and oxygen atoms in total. The minimum atomic E-state index is 0.776. The van der Waals surface area contributed by atoms with Crippen molar-refractivity contribution in [2.24, 2.45) is 5.92 Å². The van der Waals surface area contributed by atoms with E-state index in [4.69, 9.17) is 4.74 Å². The first-order chi connectivity index (χ1) is 7.88. The fourth-order valence-corrected chi connectivity index (χ4v) is 3.97. The van der Waals surface area contributed by atoms with Crippen LogP contribution >= 0.6 is 11.8 Å². The summed E-state index contributed by atoms with van der Waals surface area (Å²) in [6.07, 6.45) is 6.87. The molecule has 0 aromatic heterocycles. The van der Waals surface area contributed by atoms with Crippen molar-refractivity contribution in [3.8, 4) is 0 Å². The van der Waals surface area contributed by atoms with Crippen LogP contribution < -0.4 is 5.32 Å². The first-order valence-electron chi connectivity index (χ1n) is 6.81. The van der Waals surface area contributed by atoms with Crippen molar-refractivity contribution in [1.82, 2.24) is 5.32 Å². The van der Waals surface area contributed by atoms with E-state index in [1.54, 1.807) is 0 Å². The van der Waals surface area contributed by atoms with Gasteiger partial charge in [0.15, 0.2) is 0 Å². The van der Waals surface area contributed by atoms with E-state index < -0.39 is 0 Å². The highest BCUT2D eigenvalue weighted by atomic mass is 32.2. The molecule has 2 rings (SSSR count). The summed E-state index contributed by atoms with van der Waals surface area (Å²) in [6.45, 7) is 5.41. The van der Waals surface area contributed by atoms with Gasteiger partial charge >= 0.3 is 0 Å². The minimum absolute atomic E-state index is 0.776. The Kier molecular flexibility index (Phi) is 5.46. The third-order valence-electron chi connectivity index (χ3n) is 3.75. The fourth-order valence-electron chi connectivity index (χ4n) is 2.80. The lowest BCUT2D eigenvalue weighted by Crippen LogP contribution is -2.38. The van der Waals surface area contributed by atoms with E-state index >= 15 is 0 Å². The van der Waals surface area contributed by atoms with Crippen molar-refractivity contribution < 1.29 is 4.74 Å². The van der Waals surface area contributed by atoms with Crippen LogP contribution in [0.1, 0.15) is 39.0 Å². The molecule has 3 heteroatoms. The zero-order valence-corrected chi connectivity index (χ0v) is 11.2. The van der Waals surface area contributed by atoms with Crippen LogP contribution in [0.15, 0.2) is 0 Å². The van der Waals surface area contributed by atoms with E-state index in [2.05, 4.69) is 24.0 Å². The molecule has 1 saturated carbocycles. The summed E-state index contributed by atoms with van der Waals surface area (Å²) in [6, 6.07) is 0.776. The van der Waals surface area contributed by atoms with Crippen LogP contribution in [0.4, 0.5) is 0 Å². The van der Waals surface area contributed by atoms with Crippen LogP contribution in [0.2, 0.25) is 0 Å². The first-order valence-corrected chi connectivity index (χ1v) is 7.86. The van der Waals surface area contributed by atoms with E-state index in [9.17, 15) is 0 Å². The van der Waals surface area contributed by atoms with Gasteiger partial charge < -0.3 is 10.1 Å². The Morgan fingerprint density at radius 1 is 1.31 bits per heavy atom. The second kappa shape index (κ2) is 6.87. The molecule has 0 bridgehead atoms. The smallest absolute Gasteiger partial charge is 0.0507 e. The highest BCUT2D eigenvalue weighted by Crippen LogP contribution is 2.28. The summed E-state index contributed by atoms with van der Waals surface area (Å²) in [5, 5.41) is 4.67. The lowest BCUT2D eigenvalue weighted by atomic mass is 9.94. The Bertz CT molecular complexity index is 192. The standard InChI is InChI=1S/C13H25NOS/c1-2-16-13-5-3-4-12(8-13)14-9-11-6-7-15-10-11/h11-14H,2-10H2,1H3. The van der Waals surface area contributed by atoms with Crippen molar-refractivity contribution in [3.05, 3.63) is 0 Å². The molecule has 0 aromatic rings. The van der Waals surface area contributed by atoms with Crippen molar-refractivity contribution in [3.63, 3.8) is 0 Å². The Hall–Kier alpha value is 0.270. The van der Waals surface area contributed by atoms with E-state index in [0.717, 1.165) is 30.4 Å². The molecule has 1 aliphatic carbocycles. The Morgan fingerprint density at radius 2 is 2.25 bits per heavy atom. The molecule has 1 heterocycles. The van der Waals surface area contributed by atoms with Gasteiger partial charge in [-0.15, -0.1) is 0 Å². The van der Waals surface area contributed by atoms with Gasteiger partial charge in [-0.1, -0.05) is 13.3 Å². The number of hydrogen-bond donors (Lipinski definition) is 1. The maximum absolute atomic E-state index is 5.41. The molecule has 3 atom stereocenters. The van der Waals surface area contributed by atoms with E-state index in [-0.39, 0.29) is 0 Å². The van der Waals surface area contributed by atoms with Gasteiger partial charge in [0.1, 0.15) is 0 Å². The highest BCUT2D eigenvalue weighted by Gasteiger charge is 2.23. The second-order valence-electron chi connectivity index (χ2n) is 5.08. The van der Waals surface area contributed by atoms with Gasteiger partial charge in [-0.05, 0) is 37.4 Å². The van der Waals surface area contributed by atoms with Gasteiger partial charge in [-0.3, -0.25) is 0 Å². The summed E-state index contributed by atoms with van der Waals surface area (Å²) >= 11 is 2.15. The second-order valence-corrected chi connectivity index (χ2v) is 6.66. The predicted molar refractivity (Wildman–Crippen MR) is 71.1 cm³/mol. The molecule has 0 aromatic carbocycles. The van der Waals surface area contributed by atoms with E-state index in [1.165, 1.54) is 44.4 Å². The molecule has 94 valence electrons. The van der Waals surface area contributed by atoms with Crippen LogP contribution in [0.3, 0.4) is 0 Å². The molecule has 16 heavy (non-hydrogen) atoms. The van der Waals surface area contributed by atoms with E-state index in [1.807, 2.05) is 0 Å². The van der Waals surface area contributed by atoms with Gasteiger partial charge in [0.05, 0.1) is 6.61 Å². The van der Waals surface area contributed by atoms with Crippen LogP contribution in [0.5, 0.6) is 0 Å². The van der Waals surface area contributed by atoms with Crippen molar-refractivity contribution in [1.29, 1.82) is 0 Å². The third-order valence-corrected chi connectivity index (χ3v) is 4.98. The molecule has 0 amide bonds. The summed E-state index contributed by atoms with van der Waals surface area (Å²) in [5.74, 6) is 2.05. The molecule has 2 aliphatic rings. The van der Waals surface area contributed by atoms with E-state index in [0.29, 0.717) is 0 Å². The van der Waals surface area contributed by atoms with Gasteiger partial charge in [-0.25, -0.2) is 0 Å². The lowest BCUT2D eigenvalue weighted by molar-refractivity contribution is 0.184. The van der Waals surface area contributed by atoms with Crippen molar-refractivity contribution >= 4 is 11.8 Å². The molecule has 2 fully saturated rings. The highest BCUT2D eigenvalue weighted by molar-refractivity contribution is 7.99. The maximum atomic E-state index is 5.41. The number of hydrogen-bond acceptors (Lipinski definition) is 3. The normalized spacial score (nSPS) is 35.4. The molecular formula is C13H25NOS. The molecule has 1 aliphatic heterocycles. The van der Waals surface area contributed by atoms with Crippen LogP contribution in [0.25, 0.3) is 0 Å². The summed E-state index contributed by atoms with van der Waals surface area (Å²) < 4.78 is 5.41. The lowest BCUT2D eigenvalue weighted by Gasteiger charge is -2.30. The Balaban J connectivity index is 1.64. The third kappa shape index (κ3) is 3.94. The number of rotatable bonds is 5. The predicted octanol–water partition coefficient (Wildman–Crippen LogP) is 2.68. The largest absolute Gasteiger partial charge is 0.381 e. The summed E-state index contributed by atoms with van der Waals surface area (Å²) in [7, 11) is 0. The van der Waals surface area contributed by atoms with Crippen LogP contribution in [-0.2, 0) is 4.74 Å². The molecule has 1 saturated heterocycles. The van der Waals surface area contributed by atoms with Gasteiger partial charge in [0.2, 0.25) is 0 Å². The molecule has 1 N–H and O–H groups in total. The molecule has 3 unspecified atom stereocenters. The van der Waals surface area contributed by atoms with Crippen molar-refractivity contribution in [2.75, 3.05) is 25.5 Å². The molecule has 0 spiro atoms. The van der Waals surface area contributed by atoms with Gasteiger partial charge in [-0.2, -0.15) is 11.8 Å². The SMILES string of the molecule is CCSC1CCCC(NCC2CCOC2)C1. The molecular weight excluding hydrogens is 218 g/mol. The molecule has 0 radical (unpaired) electrons. The number of nitrogens with one attached hydrogen (secondary N) is 1. The quantitative estimate of drug-likeness (QED) is 0.802. The Morgan fingerprint density at radius 3 is 3.00 bits per heavy atom. The number of ether oxygens (including phenoxy) is 1. The minimum Gasteiger partial charge on any atom is -0.381 e.